The Hall–Kier alpha value is -3.85. The van der Waals surface area contributed by atoms with Crippen LogP contribution in [-0.4, -0.2) is 44.3 Å². The zero-order valence-corrected chi connectivity index (χ0v) is 28.6. The van der Waals surface area contributed by atoms with E-state index in [0.29, 0.717) is 6.54 Å². The maximum absolute atomic E-state index is 14.6. The van der Waals surface area contributed by atoms with E-state index in [0.717, 1.165) is 39.4 Å². The van der Waals surface area contributed by atoms with Gasteiger partial charge in [-0.2, -0.15) is 0 Å². The SMILES string of the molecule is CCCCNC(=O)C(Cc1ccccc1)N(Cc1ccccc1C)C(=O)CN(c1cc(Cl)ccc1Cl)S(=O)(=O)c1ccc(C)cc1. The third-order valence-electron chi connectivity index (χ3n) is 7.77. The Balaban J connectivity index is 1.83. The van der Waals surface area contributed by atoms with Crippen LogP contribution in [-0.2, 0) is 32.6 Å². The van der Waals surface area contributed by atoms with E-state index in [9.17, 15) is 18.0 Å². The maximum Gasteiger partial charge on any atom is 0.264 e. The van der Waals surface area contributed by atoms with Crippen molar-refractivity contribution < 1.29 is 18.0 Å². The van der Waals surface area contributed by atoms with E-state index >= 15 is 0 Å². The molecule has 0 aliphatic heterocycles. The molecule has 0 aliphatic carbocycles. The number of amides is 2. The standard InChI is InChI=1S/C36H39Cl2N3O4S/c1-4-5-21-39-36(43)34(22-28-12-7-6-8-13-28)40(24-29-14-10-9-11-27(29)3)35(42)25-41(33-23-30(37)17-20-32(33)38)46(44,45)31-18-15-26(2)16-19-31/h6-20,23,34H,4-5,21-22,24-25H2,1-3H3,(H,39,43). The minimum absolute atomic E-state index is 0.00876. The first-order chi connectivity index (χ1) is 22.0. The fourth-order valence-corrected chi connectivity index (χ4v) is 6.92. The lowest BCUT2D eigenvalue weighted by Gasteiger charge is -2.34. The lowest BCUT2D eigenvalue weighted by molar-refractivity contribution is -0.140. The Morgan fingerprint density at radius 1 is 0.870 bits per heavy atom. The number of nitrogens with one attached hydrogen (secondary N) is 1. The van der Waals surface area contributed by atoms with Gasteiger partial charge in [-0.1, -0.05) is 109 Å². The van der Waals surface area contributed by atoms with Crippen molar-refractivity contribution in [2.75, 3.05) is 17.4 Å². The molecule has 0 saturated carbocycles. The number of rotatable bonds is 14. The minimum atomic E-state index is -4.30. The summed E-state index contributed by atoms with van der Waals surface area (Å²) in [6.45, 7) is 5.76. The summed E-state index contributed by atoms with van der Waals surface area (Å²) in [5.74, 6) is -0.880. The van der Waals surface area contributed by atoms with Crippen molar-refractivity contribution in [1.29, 1.82) is 0 Å². The molecule has 0 aliphatic rings. The zero-order chi connectivity index (χ0) is 33.3. The molecule has 0 spiro atoms. The molecule has 0 bridgehead atoms. The summed E-state index contributed by atoms with van der Waals surface area (Å²) in [6.07, 6.45) is 1.91. The van der Waals surface area contributed by atoms with Gasteiger partial charge in [0.1, 0.15) is 12.6 Å². The van der Waals surface area contributed by atoms with Gasteiger partial charge in [-0.05, 0) is 67.3 Å². The normalized spacial score (nSPS) is 11.9. The molecule has 46 heavy (non-hydrogen) atoms. The number of hydrogen-bond acceptors (Lipinski definition) is 4. The zero-order valence-electron chi connectivity index (χ0n) is 26.2. The van der Waals surface area contributed by atoms with Crippen molar-refractivity contribution in [3.63, 3.8) is 0 Å². The molecule has 242 valence electrons. The highest BCUT2D eigenvalue weighted by atomic mass is 35.5. The lowest BCUT2D eigenvalue weighted by Crippen LogP contribution is -2.53. The number of benzene rings is 4. The number of carbonyl (C=O) groups excluding carboxylic acids is 2. The van der Waals surface area contributed by atoms with Gasteiger partial charge < -0.3 is 10.2 Å². The molecule has 2 amide bonds. The van der Waals surface area contributed by atoms with Gasteiger partial charge in [0.05, 0.1) is 15.6 Å². The van der Waals surface area contributed by atoms with Crippen LogP contribution in [0.4, 0.5) is 5.69 Å². The summed E-state index contributed by atoms with van der Waals surface area (Å²) in [5.41, 5.74) is 3.58. The molecule has 4 aromatic carbocycles. The van der Waals surface area contributed by atoms with Crippen LogP contribution in [0, 0.1) is 13.8 Å². The lowest BCUT2D eigenvalue weighted by atomic mass is 10.0. The van der Waals surface area contributed by atoms with E-state index < -0.39 is 28.5 Å². The van der Waals surface area contributed by atoms with Gasteiger partial charge in [0, 0.05) is 24.5 Å². The molecule has 0 saturated heterocycles. The van der Waals surface area contributed by atoms with Crippen LogP contribution >= 0.6 is 23.2 Å². The van der Waals surface area contributed by atoms with Gasteiger partial charge in [0.15, 0.2) is 0 Å². The second-order valence-electron chi connectivity index (χ2n) is 11.2. The van der Waals surface area contributed by atoms with Crippen LogP contribution in [0.3, 0.4) is 0 Å². The number of aryl methyl sites for hydroxylation is 2. The van der Waals surface area contributed by atoms with Gasteiger partial charge >= 0.3 is 0 Å². The molecule has 7 nitrogen and oxygen atoms in total. The topological polar surface area (TPSA) is 86.8 Å². The maximum atomic E-state index is 14.6. The molecule has 0 fully saturated rings. The molecule has 0 heterocycles. The molecule has 1 N–H and O–H groups in total. The number of halogens is 2. The highest BCUT2D eigenvalue weighted by Gasteiger charge is 2.35. The van der Waals surface area contributed by atoms with Crippen LogP contribution in [0.5, 0.6) is 0 Å². The number of hydrogen-bond donors (Lipinski definition) is 1. The molecule has 0 radical (unpaired) electrons. The monoisotopic (exact) mass is 679 g/mol. The van der Waals surface area contributed by atoms with Crippen LogP contribution in [0.2, 0.25) is 10.0 Å². The van der Waals surface area contributed by atoms with Crippen LogP contribution in [0.15, 0.2) is 102 Å². The molecule has 10 heteroatoms. The van der Waals surface area contributed by atoms with E-state index in [-0.39, 0.29) is 39.5 Å². The van der Waals surface area contributed by atoms with Crippen LogP contribution in [0.25, 0.3) is 0 Å². The van der Waals surface area contributed by atoms with Gasteiger partial charge in [-0.15, -0.1) is 0 Å². The molecule has 0 aromatic heterocycles. The first kappa shape index (κ1) is 35.0. The summed E-state index contributed by atoms with van der Waals surface area (Å²) in [7, 11) is -4.30. The highest BCUT2D eigenvalue weighted by molar-refractivity contribution is 7.92. The largest absolute Gasteiger partial charge is 0.354 e. The molecule has 1 unspecified atom stereocenters. The van der Waals surface area contributed by atoms with E-state index in [1.165, 1.54) is 29.2 Å². The van der Waals surface area contributed by atoms with E-state index in [1.807, 2.05) is 75.4 Å². The Labute approximate surface area is 282 Å². The Bertz CT molecular complexity index is 1750. The van der Waals surface area contributed by atoms with Crippen molar-refractivity contribution in [2.45, 2.75) is 57.5 Å². The fourth-order valence-electron chi connectivity index (χ4n) is 5.06. The van der Waals surface area contributed by atoms with Gasteiger partial charge in [0.2, 0.25) is 11.8 Å². The van der Waals surface area contributed by atoms with Crippen molar-refractivity contribution in [3.05, 3.63) is 129 Å². The summed E-state index contributed by atoms with van der Waals surface area (Å²) in [6, 6.07) is 27.0. The Kier molecular flexibility index (Phi) is 12.3. The summed E-state index contributed by atoms with van der Waals surface area (Å²) in [4.78, 5) is 29.9. The predicted molar refractivity (Wildman–Crippen MR) is 186 cm³/mol. The third-order valence-corrected chi connectivity index (χ3v) is 10.1. The number of carbonyl (C=O) groups is 2. The summed E-state index contributed by atoms with van der Waals surface area (Å²) < 4.78 is 29.4. The van der Waals surface area contributed by atoms with Crippen molar-refractivity contribution in [1.82, 2.24) is 10.2 Å². The molecule has 4 rings (SSSR count). The third kappa shape index (κ3) is 8.90. The smallest absolute Gasteiger partial charge is 0.264 e. The molecule has 1 atom stereocenters. The van der Waals surface area contributed by atoms with Crippen molar-refractivity contribution in [3.8, 4) is 0 Å². The predicted octanol–water partition coefficient (Wildman–Crippen LogP) is 7.36. The van der Waals surface area contributed by atoms with E-state index in [2.05, 4.69) is 5.32 Å². The van der Waals surface area contributed by atoms with Gasteiger partial charge in [-0.3, -0.25) is 13.9 Å². The fraction of sp³-hybridized carbons (Fsp3) is 0.278. The van der Waals surface area contributed by atoms with Crippen LogP contribution in [0.1, 0.15) is 42.0 Å². The summed E-state index contributed by atoms with van der Waals surface area (Å²) in [5, 5.41) is 3.36. The highest BCUT2D eigenvalue weighted by Crippen LogP contribution is 2.33. The van der Waals surface area contributed by atoms with E-state index in [4.69, 9.17) is 23.2 Å². The second kappa shape index (κ2) is 16.1. The summed E-state index contributed by atoms with van der Waals surface area (Å²) >= 11 is 12.9. The number of nitrogens with zero attached hydrogens (tertiary/aromatic N) is 2. The Morgan fingerprint density at radius 2 is 1.54 bits per heavy atom. The number of unbranched alkanes of at least 4 members (excludes halogenated alkanes) is 1. The molecular weight excluding hydrogens is 641 g/mol. The molecular formula is C36H39Cl2N3O4S. The first-order valence-corrected chi connectivity index (χ1v) is 17.4. The minimum Gasteiger partial charge on any atom is -0.354 e. The molecule has 4 aromatic rings. The van der Waals surface area contributed by atoms with E-state index in [1.54, 1.807) is 18.2 Å². The average molecular weight is 681 g/mol. The van der Waals surface area contributed by atoms with Gasteiger partial charge in [0.25, 0.3) is 10.0 Å². The first-order valence-electron chi connectivity index (χ1n) is 15.2. The average Bonchev–Trinajstić information content (AvgIpc) is 3.04. The second-order valence-corrected chi connectivity index (χ2v) is 13.9. The van der Waals surface area contributed by atoms with Crippen molar-refractivity contribution >= 4 is 50.7 Å². The Morgan fingerprint density at radius 3 is 2.22 bits per heavy atom. The number of sulfonamides is 1. The number of anilines is 1. The quantitative estimate of drug-likeness (QED) is 0.141. The van der Waals surface area contributed by atoms with Gasteiger partial charge in [-0.25, -0.2) is 8.42 Å². The van der Waals surface area contributed by atoms with Crippen LogP contribution < -0.4 is 9.62 Å². The van der Waals surface area contributed by atoms with Crippen molar-refractivity contribution in [2.24, 2.45) is 0 Å².